The van der Waals surface area contributed by atoms with E-state index in [-0.39, 0.29) is 18.3 Å². The third-order valence-corrected chi connectivity index (χ3v) is 8.62. The van der Waals surface area contributed by atoms with Gasteiger partial charge < -0.3 is 5.32 Å². The summed E-state index contributed by atoms with van der Waals surface area (Å²) in [6.45, 7) is 2.10. The van der Waals surface area contributed by atoms with E-state index in [2.05, 4.69) is 5.32 Å². The van der Waals surface area contributed by atoms with E-state index >= 15 is 0 Å². The zero-order chi connectivity index (χ0) is 27.9. The fourth-order valence-electron chi connectivity index (χ4n) is 4.73. The monoisotopic (exact) mass is 563 g/mol. The summed E-state index contributed by atoms with van der Waals surface area (Å²) in [5.74, 6) is -0.502. The molecule has 2 aromatic carbocycles. The van der Waals surface area contributed by atoms with Crippen molar-refractivity contribution in [3.05, 3.63) is 59.2 Å². The number of aryl methyl sites for hydroxylation is 1. The fraction of sp³-hybridized carbons (Fsp3) is 0.480. The number of rotatable bonds is 7. The maximum atomic E-state index is 13.4. The molecule has 38 heavy (non-hydrogen) atoms. The average Bonchev–Trinajstić information content (AvgIpc) is 3.64. The minimum Gasteiger partial charge on any atom is -0.325 e. The summed E-state index contributed by atoms with van der Waals surface area (Å²) in [6, 6.07) is 6.28. The van der Waals surface area contributed by atoms with Gasteiger partial charge in [-0.25, -0.2) is 8.42 Å². The summed E-state index contributed by atoms with van der Waals surface area (Å²) >= 11 is 0. The van der Waals surface area contributed by atoms with Gasteiger partial charge >= 0.3 is 12.4 Å². The van der Waals surface area contributed by atoms with Crippen molar-refractivity contribution < 1.29 is 39.6 Å². The topological polar surface area (TPSA) is 69.7 Å². The molecule has 1 aliphatic carbocycles. The van der Waals surface area contributed by atoms with E-state index in [1.165, 1.54) is 17.3 Å². The smallest absolute Gasteiger partial charge is 0.325 e. The van der Waals surface area contributed by atoms with Crippen LogP contribution in [0, 0.1) is 6.92 Å². The van der Waals surface area contributed by atoms with Crippen LogP contribution in [0.3, 0.4) is 0 Å². The molecule has 6 nitrogen and oxygen atoms in total. The van der Waals surface area contributed by atoms with Gasteiger partial charge in [0.05, 0.1) is 22.6 Å². The van der Waals surface area contributed by atoms with E-state index in [1.807, 2.05) is 0 Å². The molecule has 1 aliphatic heterocycles. The Bertz CT molecular complexity index is 1280. The Morgan fingerprint density at radius 3 is 2.11 bits per heavy atom. The van der Waals surface area contributed by atoms with Crippen LogP contribution in [0.5, 0.6) is 0 Å². The van der Waals surface area contributed by atoms with Gasteiger partial charge in [0.15, 0.2) is 0 Å². The van der Waals surface area contributed by atoms with Crippen LogP contribution < -0.4 is 5.32 Å². The van der Waals surface area contributed by atoms with E-state index in [0.717, 1.165) is 30.3 Å². The van der Waals surface area contributed by atoms with E-state index in [4.69, 9.17) is 0 Å². The molecule has 1 N–H and O–H groups in total. The molecule has 13 heteroatoms. The van der Waals surface area contributed by atoms with Gasteiger partial charge in [0.25, 0.3) is 0 Å². The summed E-state index contributed by atoms with van der Waals surface area (Å²) < 4.78 is 107. The summed E-state index contributed by atoms with van der Waals surface area (Å²) in [6.07, 6.45) is -7.24. The predicted octanol–water partition coefficient (Wildman–Crippen LogP) is 5.29. The molecule has 208 valence electrons. The van der Waals surface area contributed by atoms with Gasteiger partial charge in [0.2, 0.25) is 15.9 Å². The zero-order valence-electron chi connectivity index (χ0n) is 20.4. The molecule has 1 saturated carbocycles. The molecule has 2 fully saturated rings. The van der Waals surface area contributed by atoms with Crippen molar-refractivity contribution >= 4 is 21.6 Å². The van der Waals surface area contributed by atoms with Gasteiger partial charge in [-0.15, -0.1) is 0 Å². The number of halogens is 6. The number of sulfonamides is 1. The molecule has 1 amide bonds. The first kappa shape index (κ1) is 28.4. The van der Waals surface area contributed by atoms with Crippen LogP contribution in [0.1, 0.15) is 42.4 Å². The van der Waals surface area contributed by atoms with Crippen molar-refractivity contribution in [2.45, 2.75) is 61.9 Å². The minimum absolute atomic E-state index is 0.0318. The second-order valence-electron chi connectivity index (χ2n) is 9.73. The molecule has 2 aromatic rings. The third-order valence-electron chi connectivity index (χ3n) is 6.62. The highest BCUT2D eigenvalue weighted by Gasteiger charge is 2.44. The molecule has 0 atom stereocenters. The van der Waals surface area contributed by atoms with Crippen LogP contribution >= 0.6 is 0 Å². The number of nitrogens with one attached hydrogen (secondary N) is 1. The normalized spacial score (nSPS) is 18.1. The van der Waals surface area contributed by atoms with Gasteiger partial charge in [0, 0.05) is 30.9 Å². The lowest BCUT2D eigenvalue weighted by Gasteiger charge is -2.37. The molecule has 0 spiro atoms. The number of hydrogen-bond donors (Lipinski definition) is 1. The lowest BCUT2D eigenvalue weighted by molar-refractivity contribution is -0.138. The van der Waals surface area contributed by atoms with Crippen LogP contribution in [0.4, 0.5) is 32.0 Å². The summed E-state index contributed by atoms with van der Waals surface area (Å²) in [4.78, 5) is 13.9. The van der Waals surface area contributed by atoms with Gasteiger partial charge in [-0.05, 0) is 74.6 Å². The molecule has 1 saturated heterocycles. The van der Waals surface area contributed by atoms with Crippen molar-refractivity contribution in [1.82, 2.24) is 9.21 Å². The van der Waals surface area contributed by atoms with Crippen molar-refractivity contribution in [3.63, 3.8) is 0 Å². The minimum atomic E-state index is -4.67. The molecule has 0 aromatic heterocycles. The number of benzene rings is 2. The molecular weight excluding hydrogens is 536 g/mol. The maximum Gasteiger partial charge on any atom is 0.416 e. The maximum absolute atomic E-state index is 13.4. The number of piperidine rings is 1. The number of anilines is 1. The molecule has 2 aliphatic rings. The van der Waals surface area contributed by atoms with Crippen LogP contribution in [0.15, 0.2) is 47.4 Å². The van der Waals surface area contributed by atoms with Crippen LogP contribution in [0.2, 0.25) is 0 Å². The number of carbonyl (C=O) groups excluding carboxylic acids is 1. The zero-order valence-corrected chi connectivity index (χ0v) is 21.3. The van der Waals surface area contributed by atoms with E-state index in [9.17, 15) is 39.6 Å². The number of carbonyl (C=O) groups is 1. The number of alkyl halides is 6. The van der Waals surface area contributed by atoms with Crippen LogP contribution in [-0.2, 0) is 27.2 Å². The van der Waals surface area contributed by atoms with E-state index in [1.54, 1.807) is 4.90 Å². The van der Waals surface area contributed by atoms with E-state index in [0.29, 0.717) is 50.4 Å². The SMILES string of the molecule is Cc1cc(NC(=O)CN2CCC(N(C3CC3)S(=O)(=O)c3cccc(C(F)(F)F)c3)CC2)cc(C(F)(F)F)c1. The van der Waals surface area contributed by atoms with Crippen LogP contribution in [0.25, 0.3) is 0 Å². The number of nitrogens with zero attached hydrogens (tertiary/aromatic N) is 2. The Morgan fingerprint density at radius 1 is 0.921 bits per heavy atom. The van der Waals surface area contributed by atoms with Gasteiger partial charge in [-0.3, -0.25) is 9.69 Å². The van der Waals surface area contributed by atoms with Crippen LogP contribution in [-0.4, -0.2) is 55.2 Å². The lowest BCUT2D eigenvalue weighted by atomic mass is 10.0. The molecule has 0 unspecified atom stereocenters. The first-order valence-electron chi connectivity index (χ1n) is 12.1. The van der Waals surface area contributed by atoms with Gasteiger partial charge in [0.1, 0.15) is 0 Å². The molecular formula is C25H27F6N3O3S. The highest BCUT2D eigenvalue weighted by molar-refractivity contribution is 7.89. The number of hydrogen-bond acceptors (Lipinski definition) is 4. The second-order valence-corrected chi connectivity index (χ2v) is 11.6. The predicted molar refractivity (Wildman–Crippen MR) is 128 cm³/mol. The number of likely N-dealkylation sites (tertiary alicyclic amines) is 1. The van der Waals surface area contributed by atoms with Crippen molar-refractivity contribution in [1.29, 1.82) is 0 Å². The molecule has 0 radical (unpaired) electrons. The quantitative estimate of drug-likeness (QED) is 0.465. The fourth-order valence-corrected chi connectivity index (χ4v) is 6.71. The average molecular weight is 564 g/mol. The second kappa shape index (κ2) is 10.5. The van der Waals surface area contributed by atoms with E-state index < -0.39 is 50.3 Å². The standard InChI is InChI=1S/C25H27F6N3O3S/c1-16-11-18(25(29,30)31)13-19(12-16)32-23(35)15-33-9-7-21(8-10-33)34(20-5-6-20)38(36,37)22-4-2-3-17(14-22)24(26,27)28/h2-4,11-14,20-21H,5-10,15H2,1H3,(H,32,35). The Labute approximate surface area is 216 Å². The molecule has 4 rings (SSSR count). The third kappa shape index (κ3) is 6.67. The van der Waals surface area contributed by atoms with Crippen molar-refractivity contribution in [3.8, 4) is 0 Å². The Balaban J connectivity index is 1.40. The lowest BCUT2D eigenvalue weighted by Crippen LogP contribution is -2.49. The first-order valence-corrected chi connectivity index (χ1v) is 13.5. The first-order chi connectivity index (χ1) is 17.6. The summed E-state index contributed by atoms with van der Waals surface area (Å²) in [7, 11) is -4.18. The largest absolute Gasteiger partial charge is 0.416 e. The number of amides is 1. The van der Waals surface area contributed by atoms with Gasteiger partial charge in [-0.1, -0.05) is 6.07 Å². The Kier molecular flexibility index (Phi) is 7.84. The summed E-state index contributed by atoms with van der Waals surface area (Å²) in [5.41, 5.74) is -1.52. The molecule has 1 heterocycles. The van der Waals surface area contributed by atoms with Crippen molar-refractivity contribution in [2.24, 2.45) is 0 Å². The summed E-state index contributed by atoms with van der Waals surface area (Å²) in [5, 5.41) is 2.49. The van der Waals surface area contributed by atoms with Gasteiger partial charge in [-0.2, -0.15) is 30.6 Å². The Hall–Kier alpha value is -2.64. The molecule has 0 bridgehead atoms. The van der Waals surface area contributed by atoms with Crippen molar-refractivity contribution in [2.75, 3.05) is 25.0 Å². The highest BCUT2D eigenvalue weighted by atomic mass is 32.2. The highest BCUT2D eigenvalue weighted by Crippen LogP contribution is 2.38. The Morgan fingerprint density at radius 2 is 1.53 bits per heavy atom.